The van der Waals surface area contributed by atoms with Gasteiger partial charge in [-0.05, 0) is 35.0 Å². The first-order valence-electron chi connectivity index (χ1n) is 5.23. The first kappa shape index (κ1) is 11.9. The fourth-order valence-electron chi connectivity index (χ4n) is 1.44. The molecule has 0 saturated heterocycles. The van der Waals surface area contributed by atoms with Crippen molar-refractivity contribution in [1.82, 2.24) is 20.2 Å². The third-order valence-electron chi connectivity index (χ3n) is 2.43. The molecule has 1 aromatic heterocycles. The van der Waals surface area contributed by atoms with Crippen LogP contribution in [0, 0.1) is 0 Å². The monoisotopic (exact) mass is 250 g/mol. The van der Waals surface area contributed by atoms with Gasteiger partial charge in [-0.1, -0.05) is 23.9 Å². The van der Waals surface area contributed by atoms with Crippen LogP contribution in [0.15, 0.2) is 29.4 Å². The van der Waals surface area contributed by atoms with Crippen molar-refractivity contribution in [3.63, 3.8) is 0 Å². The minimum absolute atomic E-state index is 0.273. The molecule has 90 valence electrons. The Balaban J connectivity index is 2.14. The van der Waals surface area contributed by atoms with Crippen molar-refractivity contribution >= 4 is 11.8 Å². The van der Waals surface area contributed by atoms with Crippen LogP contribution in [-0.4, -0.2) is 27.3 Å². The van der Waals surface area contributed by atoms with Gasteiger partial charge in [-0.3, -0.25) is 0 Å². The van der Waals surface area contributed by atoms with Crippen molar-refractivity contribution in [2.24, 2.45) is 7.05 Å². The zero-order chi connectivity index (χ0) is 12.3. The highest BCUT2D eigenvalue weighted by molar-refractivity contribution is 7.99. The molecule has 0 bridgehead atoms. The average molecular weight is 250 g/mol. The number of methoxy groups -OCH3 is 1. The van der Waals surface area contributed by atoms with Gasteiger partial charge in [-0.25, -0.2) is 4.68 Å². The molecule has 2 aromatic rings. The number of tetrazole rings is 1. The molecular weight excluding hydrogens is 236 g/mol. The Labute approximate surface area is 104 Å². The van der Waals surface area contributed by atoms with Gasteiger partial charge in [0, 0.05) is 12.3 Å². The maximum Gasteiger partial charge on any atom is 0.209 e. The second-order valence-corrected chi connectivity index (χ2v) is 4.93. The third-order valence-corrected chi connectivity index (χ3v) is 3.61. The summed E-state index contributed by atoms with van der Waals surface area (Å²) in [7, 11) is 3.50. The lowest BCUT2D eigenvalue weighted by Gasteiger charge is -2.11. The number of rotatable bonds is 4. The molecule has 1 aromatic carbocycles. The smallest absolute Gasteiger partial charge is 0.209 e. The number of thioether (sulfide) groups is 1. The minimum Gasteiger partial charge on any atom is -0.497 e. The predicted octanol–water partition coefficient (Wildman–Crippen LogP) is 2.07. The molecule has 0 amide bonds. The van der Waals surface area contributed by atoms with Crippen molar-refractivity contribution in [1.29, 1.82) is 0 Å². The van der Waals surface area contributed by atoms with E-state index >= 15 is 0 Å². The van der Waals surface area contributed by atoms with Crippen LogP contribution in [0.4, 0.5) is 0 Å². The predicted molar refractivity (Wildman–Crippen MR) is 66.1 cm³/mol. The number of benzene rings is 1. The van der Waals surface area contributed by atoms with Crippen LogP contribution in [0.5, 0.6) is 5.75 Å². The third kappa shape index (κ3) is 2.76. The van der Waals surface area contributed by atoms with Crippen molar-refractivity contribution in [2.45, 2.75) is 17.3 Å². The van der Waals surface area contributed by atoms with Gasteiger partial charge in [-0.15, -0.1) is 5.10 Å². The quantitative estimate of drug-likeness (QED) is 0.777. The van der Waals surface area contributed by atoms with E-state index in [9.17, 15) is 0 Å². The molecule has 1 atom stereocenters. The zero-order valence-corrected chi connectivity index (χ0v) is 10.8. The van der Waals surface area contributed by atoms with E-state index in [0.717, 1.165) is 10.9 Å². The maximum absolute atomic E-state index is 5.21. The van der Waals surface area contributed by atoms with Crippen LogP contribution in [0.1, 0.15) is 17.7 Å². The Morgan fingerprint density at radius 2 is 2.24 bits per heavy atom. The lowest BCUT2D eigenvalue weighted by molar-refractivity contribution is 0.414. The van der Waals surface area contributed by atoms with Crippen LogP contribution in [0.25, 0.3) is 0 Å². The number of hydrogen-bond acceptors (Lipinski definition) is 5. The van der Waals surface area contributed by atoms with Crippen LogP contribution in [-0.2, 0) is 7.05 Å². The zero-order valence-electron chi connectivity index (χ0n) is 9.99. The molecule has 6 heteroatoms. The van der Waals surface area contributed by atoms with Gasteiger partial charge in [0.1, 0.15) is 5.75 Å². The number of nitrogens with zero attached hydrogens (tertiary/aromatic N) is 4. The average Bonchev–Trinajstić information content (AvgIpc) is 2.75. The lowest BCUT2D eigenvalue weighted by Crippen LogP contribution is -1.96. The Bertz CT molecular complexity index is 500. The first-order chi connectivity index (χ1) is 8.20. The highest BCUT2D eigenvalue weighted by Gasteiger charge is 2.12. The van der Waals surface area contributed by atoms with Crippen molar-refractivity contribution in [3.8, 4) is 5.75 Å². The van der Waals surface area contributed by atoms with Crippen molar-refractivity contribution < 1.29 is 4.74 Å². The summed E-state index contributed by atoms with van der Waals surface area (Å²) in [6.45, 7) is 2.12. The number of aryl methyl sites for hydroxylation is 1. The summed E-state index contributed by atoms with van der Waals surface area (Å²) < 4.78 is 6.88. The molecule has 0 fully saturated rings. The summed E-state index contributed by atoms with van der Waals surface area (Å²) in [5.41, 5.74) is 1.19. The summed E-state index contributed by atoms with van der Waals surface area (Å²) in [5, 5.41) is 12.5. The molecule has 0 saturated carbocycles. The van der Waals surface area contributed by atoms with Gasteiger partial charge in [0.15, 0.2) is 0 Å². The Kier molecular flexibility index (Phi) is 3.63. The van der Waals surface area contributed by atoms with Crippen LogP contribution in [0.2, 0.25) is 0 Å². The van der Waals surface area contributed by atoms with Gasteiger partial charge in [0.25, 0.3) is 0 Å². The van der Waals surface area contributed by atoms with Gasteiger partial charge < -0.3 is 4.74 Å². The fourth-order valence-corrected chi connectivity index (χ4v) is 2.31. The van der Waals surface area contributed by atoms with Crippen LogP contribution >= 0.6 is 11.8 Å². The molecule has 0 unspecified atom stereocenters. The molecule has 0 N–H and O–H groups in total. The van der Waals surface area contributed by atoms with E-state index < -0.39 is 0 Å². The highest BCUT2D eigenvalue weighted by Crippen LogP contribution is 2.34. The number of ether oxygens (including phenoxy) is 1. The fraction of sp³-hybridized carbons (Fsp3) is 0.364. The molecule has 1 heterocycles. The molecule has 0 spiro atoms. The van der Waals surface area contributed by atoms with Gasteiger partial charge in [-0.2, -0.15) is 0 Å². The highest BCUT2D eigenvalue weighted by atomic mass is 32.2. The molecule has 2 rings (SSSR count). The molecule has 0 aliphatic carbocycles. The van der Waals surface area contributed by atoms with Gasteiger partial charge >= 0.3 is 0 Å². The largest absolute Gasteiger partial charge is 0.497 e. The van der Waals surface area contributed by atoms with Crippen molar-refractivity contribution in [2.75, 3.05) is 7.11 Å². The Hall–Kier alpha value is -1.56. The summed E-state index contributed by atoms with van der Waals surface area (Å²) in [4.78, 5) is 0. The van der Waals surface area contributed by atoms with E-state index in [0.29, 0.717) is 0 Å². The van der Waals surface area contributed by atoms with E-state index in [-0.39, 0.29) is 5.25 Å². The maximum atomic E-state index is 5.21. The van der Waals surface area contributed by atoms with Crippen molar-refractivity contribution in [3.05, 3.63) is 29.8 Å². The normalized spacial score (nSPS) is 12.4. The minimum atomic E-state index is 0.273. The van der Waals surface area contributed by atoms with E-state index in [4.69, 9.17) is 4.74 Å². The molecule has 0 aliphatic rings. The number of aromatic nitrogens is 4. The first-order valence-corrected chi connectivity index (χ1v) is 6.11. The van der Waals surface area contributed by atoms with Crippen LogP contribution < -0.4 is 4.74 Å². The van der Waals surface area contributed by atoms with E-state index in [1.807, 2.05) is 25.2 Å². The number of hydrogen-bond donors (Lipinski definition) is 0. The van der Waals surface area contributed by atoms with E-state index in [1.54, 1.807) is 23.6 Å². The summed E-state index contributed by atoms with van der Waals surface area (Å²) in [6, 6.07) is 8.02. The summed E-state index contributed by atoms with van der Waals surface area (Å²) in [5.74, 6) is 0.867. The second kappa shape index (κ2) is 5.18. The van der Waals surface area contributed by atoms with Crippen LogP contribution in [0.3, 0.4) is 0 Å². The molecular formula is C11H14N4OS. The Morgan fingerprint density at radius 1 is 1.41 bits per heavy atom. The van der Waals surface area contributed by atoms with E-state index in [1.165, 1.54) is 5.56 Å². The summed E-state index contributed by atoms with van der Waals surface area (Å²) in [6.07, 6.45) is 0. The second-order valence-electron chi connectivity index (χ2n) is 3.62. The molecule has 0 aliphatic heterocycles. The molecule has 17 heavy (non-hydrogen) atoms. The SMILES string of the molecule is COc1cccc([C@@H](C)Sc2nnnn2C)c1. The van der Waals surface area contributed by atoms with E-state index in [2.05, 4.69) is 28.5 Å². The molecule has 5 nitrogen and oxygen atoms in total. The van der Waals surface area contributed by atoms with Gasteiger partial charge in [0.2, 0.25) is 5.16 Å². The standard InChI is InChI=1S/C11H14N4OS/c1-8(17-11-12-13-14-15(11)2)9-5-4-6-10(7-9)16-3/h4-8H,1-3H3/t8-/m1/s1. The Morgan fingerprint density at radius 3 is 2.88 bits per heavy atom. The molecule has 0 radical (unpaired) electrons. The lowest BCUT2D eigenvalue weighted by atomic mass is 10.1. The topological polar surface area (TPSA) is 52.8 Å². The summed E-state index contributed by atoms with van der Waals surface area (Å²) >= 11 is 1.62. The van der Waals surface area contributed by atoms with Gasteiger partial charge in [0.05, 0.1) is 7.11 Å².